The Morgan fingerprint density at radius 1 is 1.44 bits per heavy atom. The zero-order chi connectivity index (χ0) is 11.9. The Balaban J connectivity index is 2.17. The van der Waals surface area contributed by atoms with Gasteiger partial charge in [0.15, 0.2) is 0 Å². The first-order valence-electron chi connectivity index (χ1n) is 4.78. The van der Waals surface area contributed by atoms with Crippen molar-refractivity contribution in [2.75, 3.05) is 0 Å². The molecule has 0 saturated carbocycles. The molecule has 86 valence electrons. The molecular weight excluding hydrogens is 292 g/mol. The fraction of sp³-hybridized carbons (Fsp3) is 0.400. The van der Waals surface area contributed by atoms with Crippen LogP contribution in [0.1, 0.15) is 18.7 Å². The third-order valence-electron chi connectivity index (χ3n) is 2.39. The Kier molecular flexibility index (Phi) is 2.79. The molecule has 0 atom stereocenters. The number of imide groups is 1. The number of urea groups is 1. The maximum atomic E-state index is 11.9. The summed E-state index contributed by atoms with van der Waals surface area (Å²) in [5.74, 6) is -0.179. The number of hydrogen-bond acceptors (Lipinski definition) is 3. The van der Waals surface area contributed by atoms with Gasteiger partial charge < -0.3 is 5.32 Å². The summed E-state index contributed by atoms with van der Waals surface area (Å²) in [5.41, 5.74) is -0.786. The first-order chi connectivity index (χ1) is 7.40. The van der Waals surface area contributed by atoms with Gasteiger partial charge in [-0.05, 0) is 41.9 Å². The van der Waals surface area contributed by atoms with Gasteiger partial charge in [-0.15, -0.1) is 11.3 Å². The number of halogens is 1. The second-order valence-corrected chi connectivity index (χ2v) is 6.70. The molecule has 0 bridgehead atoms. The molecule has 16 heavy (non-hydrogen) atoms. The maximum Gasteiger partial charge on any atom is 0.325 e. The molecule has 0 radical (unpaired) electrons. The van der Waals surface area contributed by atoms with Gasteiger partial charge >= 0.3 is 6.03 Å². The van der Waals surface area contributed by atoms with E-state index in [4.69, 9.17) is 0 Å². The van der Waals surface area contributed by atoms with Gasteiger partial charge in [-0.1, -0.05) is 0 Å². The Morgan fingerprint density at radius 3 is 2.56 bits per heavy atom. The largest absolute Gasteiger partial charge is 0.325 e. The molecule has 1 aromatic rings. The lowest BCUT2D eigenvalue weighted by atomic mass is 10.1. The lowest BCUT2D eigenvalue weighted by Gasteiger charge is -2.15. The lowest BCUT2D eigenvalue weighted by molar-refractivity contribution is -0.130. The Labute approximate surface area is 106 Å². The van der Waals surface area contributed by atoms with Gasteiger partial charge in [0.25, 0.3) is 5.91 Å². The number of carbonyl (C=O) groups excluding carboxylic acids is 2. The third kappa shape index (κ3) is 1.99. The van der Waals surface area contributed by atoms with E-state index < -0.39 is 5.54 Å². The van der Waals surface area contributed by atoms with Crippen LogP contribution in [0, 0.1) is 0 Å². The van der Waals surface area contributed by atoms with Gasteiger partial charge in [0.2, 0.25) is 0 Å². The van der Waals surface area contributed by atoms with Crippen molar-refractivity contribution in [2.45, 2.75) is 25.9 Å². The summed E-state index contributed by atoms with van der Waals surface area (Å²) in [7, 11) is 0. The van der Waals surface area contributed by atoms with Crippen molar-refractivity contribution in [3.8, 4) is 0 Å². The van der Waals surface area contributed by atoms with E-state index in [0.29, 0.717) is 6.54 Å². The number of hydrogen-bond donors (Lipinski definition) is 1. The number of rotatable bonds is 2. The molecule has 0 spiro atoms. The summed E-state index contributed by atoms with van der Waals surface area (Å²) >= 11 is 4.87. The smallest absolute Gasteiger partial charge is 0.324 e. The van der Waals surface area contributed by atoms with Gasteiger partial charge in [0.1, 0.15) is 5.54 Å². The molecule has 1 aliphatic heterocycles. The minimum Gasteiger partial charge on any atom is -0.324 e. The predicted molar refractivity (Wildman–Crippen MR) is 65.2 cm³/mol. The molecule has 1 aromatic heterocycles. The van der Waals surface area contributed by atoms with E-state index in [2.05, 4.69) is 21.2 Å². The zero-order valence-electron chi connectivity index (χ0n) is 8.91. The van der Waals surface area contributed by atoms with Crippen LogP contribution in [0.2, 0.25) is 0 Å². The average molecular weight is 303 g/mol. The molecule has 3 amide bonds. The molecule has 0 aromatic carbocycles. The number of thiophene rings is 1. The summed E-state index contributed by atoms with van der Waals surface area (Å²) < 4.78 is 0.994. The van der Waals surface area contributed by atoms with Crippen LogP contribution in [0.4, 0.5) is 4.79 Å². The fourth-order valence-corrected chi connectivity index (χ4v) is 3.03. The first kappa shape index (κ1) is 11.6. The number of nitrogens with one attached hydrogen (secondary N) is 1. The highest BCUT2D eigenvalue weighted by atomic mass is 79.9. The molecule has 1 N–H and O–H groups in total. The molecule has 2 rings (SSSR count). The Hall–Kier alpha value is -0.880. The van der Waals surface area contributed by atoms with Crippen molar-refractivity contribution in [3.63, 3.8) is 0 Å². The topological polar surface area (TPSA) is 49.4 Å². The van der Waals surface area contributed by atoms with Crippen LogP contribution in [0.5, 0.6) is 0 Å². The summed E-state index contributed by atoms with van der Waals surface area (Å²) in [6.45, 7) is 3.75. The van der Waals surface area contributed by atoms with Gasteiger partial charge in [0.05, 0.1) is 10.3 Å². The number of carbonyl (C=O) groups is 2. The molecule has 1 saturated heterocycles. The average Bonchev–Trinajstić information content (AvgIpc) is 2.65. The van der Waals surface area contributed by atoms with Crippen molar-refractivity contribution in [3.05, 3.63) is 20.8 Å². The van der Waals surface area contributed by atoms with Crippen molar-refractivity contribution in [1.82, 2.24) is 10.2 Å². The minimum atomic E-state index is -0.786. The van der Waals surface area contributed by atoms with Crippen LogP contribution in [-0.2, 0) is 11.3 Å². The molecule has 0 unspecified atom stereocenters. The summed E-state index contributed by atoms with van der Waals surface area (Å²) in [5, 5.41) is 2.65. The molecular formula is C10H11BrN2O2S. The van der Waals surface area contributed by atoms with Crippen molar-refractivity contribution >= 4 is 39.2 Å². The Morgan fingerprint density at radius 2 is 2.12 bits per heavy atom. The van der Waals surface area contributed by atoms with E-state index >= 15 is 0 Å². The van der Waals surface area contributed by atoms with Crippen molar-refractivity contribution in [1.29, 1.82) is 0 Å². The molecule has 4 nitrogen and oxygen atoms in total. The molecule has 1 aliphatic rings. The normalized spacial score (nSPS) is 19.1. The monoisotopic (exact) mass is 302 g/mol. The Bertz CT molecular complexity index is 455. The number of nitrogens with zero attached hydrogens (tertiary/aromatic N) is 1. The van der Waals surface area contributed by atoms with Crippen molar-refractivity contribution in [2.24, 2.45) is 0 Å². The molecule has 1 fully saturated rings. The van der Waals surface area contributed by atoms with E-state index in [-0.39, 0.29) is 11.9 Å². The quantitative estimate of drug-likeness (QED) is 0.853. The van der Waals surface area contributed by atoms with Crippen LogP contribution in [0.15, 0.2) is 15.9 Å². The van der Waals surface area contributed by atoms with Gasteiger partial charge in [-0.2, -0.15) is 0 Å². The highest BCUT2D eigenvalue weighted by Crippen LogP contribution is 2.25. The second kappa shape index (κ2) is 3.85. The van der Waals surface area contributed by atoms with Crippen LogP contribution in [0.3, 0.4) is 0 Å². The third-order valence-corrected chi connectivity index (χ3v) is 4.00. The number of amides is 3. The summed E-state index contributed by atoms with van der Waals surface area (Å²) in [6.07, 6.45) is 0. The lowest BCUT2D eigenvalue weighted by Crippen LogP contribution is -2.40. The van der Waals surface area contributed by atoms with E-state index in [1.807, 2.05) is 12.1 Å². The second-order valence-electron chi connectivity index (χ2n) is 4.15. The first-order valence-corrected chi connectivity index (χ1v) is 6.39. The van der Waals surface area contributed by atoms with Gasteiger partial charge in [0, 0.05) is 4.88 Å². The van der Waals surface area contributed by atoms with Gasteiger partial charge in [-0.3, -0.25) is 9.69 Å². The van der Waals surface area contributed by atoms with Crippen LogP contribution in [0.25, 0.3) is 0 Å². The fourth-order valence-electron chi connectivity index (χ4n) is 1.55. The molecule has 6 heteroatoms. The van der Waals surface area contributed by atoms with E-state index in [0.717, 1.165) is 8.66 Å². The maximum absolute atomic E-state index is 11.9. The van der Waals surface area contributed by atoms with Crippen LogP contribution >= 0.6 is 27.3 Å². The SMILES string of the molecule is CC1(C)NC(=O)N(Cc2ccc(Br)s2)C1=O. The van der Waals surface area contributed by atoms with E-state index in [9.17, 15) is 9.59 Å². The zero-order valence-corrected chi connectivity index (χ0v) is 11.3. The summed E-state index contributed by atoms with van der Waals surface area (Å²) in [4.78, 5) is 25.7. The van der Waals surface area contributed by atoms with Crippen LogP contribution < -0.4 is 5.32 Å². The van der Waals surface area contributed by atoms with Crippen molar-refractivity contribution < 1.29 is 9.59 Å². The molecule has 2 heterocycles. The molecule has 0 aliphatic carbocycles. The standard InChI is InChI=1S/C10H11BrN2O2S/c1-10(2)8(14)13(9(15)12-10)5-6-3-4-7(11)16-6/h3-4H,5H2,1-2H3,(H,12,15). The predicted octanol–water partition coefficient (Wildman–Crippen LogP) is 2.34. The summed E-state index contributed by atoms with van der Waals surface area (Å²) in [6, 6.07) is 3.49. The van der Waals surface area contributed by atoms with E-state index in [1.165, 1.54) is 16.2 Å². The highest BCUT2D eigenvalue weighted by molar-refractivity contribution is 9.11. The minimum absolute atomic E-state index is 0.179. The van der Waals surface area contributed by atoms with Crippen LogP contribution in [-0.4, -0.2) is 22.4 Å². The van der Waals surface area contributed by atoms with Gasteiger partial charge in [-0.25, -0.2) is 4.79 Å². The van der Waals surface area contributed by atoms with E-state index in [1.54, 1.807) is 13.8 Å². The highest BCUT2D eigenvalue weighted by Gasteiger charge is 2.44.